The van der Waals surface area contributed by atoms with Crippen LogP contribution >= 0.6 is 0 Å². The number of aromatic nitrogens is 2. The van der Waals surface area contributed by atoms with Gasteiger partial charge in [-0.05, 0) is 43.2 Å². The van der Waals surface area contributed by atoms with Gasteiger partial charge in [-0.2, -0.15) is 4.98 Å². The molecule has 3 aromatic rings. The van der Waals surface area contributed by atoms with Gasteiger partial charge in [0.15, 0.2) is 0 Å². The third kappa shape index (κ3) is 2.70. The standard InChI is InChI=1S/C17H13FN2O3/c1-9-7-10(2)13(17(21)22)8-12(9)15-19-16(23-20-15)11-5-3-4-6-14(11)18/h3-8H,1-2H3,(H,21,22). The van der Waals surface area contributed by atoms with E-state index in [2.05, 4.69) is 10.1 Å². The highest BCUT2D eigenvalue weighted by Gasteiger charge is 2.18. The minimum Gasteiger partial charge on any atom is -0.478 e. The largest absolute Gasteiger partial charge is 0.478 e. The summed E-state index contributed by atoms with van der Waals surface area (Å²) in [6, 6.07) is 9.33. The van der Waals surface area contributed by atoms with Gasteiger partial charge in [-0.15, -0.1) is 0 Å². The normalized spacial score (nSPS) is 10.7. The Morgan fingerprint density at radius 2 is 1.87 bits per heavy atom. The van der Waals surface area contributed by atoms with Gasteiger partial charge < -0.3 is 9.63 Å². The number of carboxylic acid groups (broad SMARTS) is 1. The molecule has 0 bridgehead atoms. The second-order valence-electron chi connectivity index (χ2n) is 5.19. The van der Waals surface area contributed by atoms with E-state index in [-0.39, 0.29) is 22.8 Å². The van der Waals surface area contributed by atoms with Gasteiger partial charge in [0.25, 0.3) is 5.89 Å². The number of rotatable bonds is 3. The summed E-state index contributed by atoms with van der Waals surface area (Å²) in [5.74, 6) is -1.21. The molecule has 23 heavy (non-hydrogen) atoms. The average Bonchev–Trinajstić information content (AvgIpc) is 2.96. The van der Waals surface area contributed by atoms with Crippen LogP contribution in [0.5, 0.6) is 0 Å². The molecule has 0 saturated carbocycles. The van der Waals surface area contributed by atoms with E-state index in [1.54, 1.807) is 25.1 Å². The zero-order valence-corrected chi connectivity index (χ0v) is 12.5. The molecule has 2 aromatic carbocycles. The summed E-state index contributed by atoms with van der Waals surface area (Å²) in [7, 11) is 0. The van der Waals surface area contributed by atoms with Crippen LogP contribution in [0, 0.1) is 19.7 Å². The fraction of sp³-hybridized carbons (Fsp3) is 0.118. The van der Waals surface area contributed by atoms with Crippen LogP contribution < -0.4 is 0 Å². The van der Waals surface area contributed by atoms with Gasteiger partial charge in [0.2, 0.25) is 5.82 Å². The number of halogens is 1. The molecule has 0 saturated heterocycles. The molecule has 1 heterocycles. The molecule has 0 amide bonds. The highest BCUT2D eigenvalue weighted by molar-refractivity contribution is 5.91. The van der Waals surface area contributed by atoms with Crippen molar-refractivity contribution in [2.24, 2.45) is 0 Å². The zero-order valence-electron chi connectivity index (χ0n) is 12.5. The number of hydrogen-bond acceptors (Lipinski definition) is 4. The number of carboxylic acids is 1. The van der Waals surface area contributed by atoms with Crippen molar-refractivity contribution in [2.75, 3.05) is 0 Å². The quantitative estimate of drug-likeness (QED) is 0.794. The molecule has 1 N–H and O–H groups in total. The molecular formula is C17H13FN2O3. The first-order valence-electron chi connectivity index (χ1n) is 6.91. The van der Waals surface area contributed by atoms with Crippen LogP contribution in [0.3, 0.4) is 0 Å². The molecule has 116 valence electrons. The van der Waals surface area contributed by atoms with E-state index in [0.717, 1.165) is 5.56 Å². The Labute approximate surface area is 131 Å². The molecule has 3 rings (SSSR count). The second kappa shape index (κ2) is 5.64. The van der Waals surface area contributed by atoms with E-state index in [1.807, 2.05) is 6.92 Å². The number of carbonyl (C=O) groups is 1. The fourth-order valence-corrected chi connectivity index (χ4v) is 2.40. The highest BCUT2D eigenvalue weighted by Crippen LogP contribution is 2.28. The first-order valence-corrected chi connectivity index (χ1v) is 6.91. The topological polar surface area (TPSA) is 76.2 Å². The van der Waals surface area contributed by atoms with Crippen LogP contribution in [0.4, 0.5) is 4.39 Å². The van der Waals surface area contributed by atoms with Gasteiger partial charge in [0.05, 0.1) is 11.1 Å². The molecule has 0 aliphatic carbocycles. The molecule has 0 aliphatic heterocycles. The summed E-state index contributed by atoms with van der Waals surface area (Å²) in [5.41, 5.74) is 2.38. The molecule has 0 fully saturated rings. The number of nitrogens with zero attached hydrogens (tertiary/aromatic N) is 2. The minimum atomic E-state index is -1.03. The van der Waals surface area contributed by atoms with Gasteiger partial charge in [-0.3, -0.25) is 0 Å². The Balaban J connectivity index is 2.09. The van der Waals surface area contributed by atoms with Crippen LogP contribution in [-0.2, 0) is 0 Å². The van der Waals surface area contributed by atoms with E-state index in [1.165, 1.54) is 18.2 Å². The van der Waals surface area contributed by atoms with Crippen molar-refractivity contribution in [3.05, 3.63) is 58.9 Å². The maximum absolute atomic E-state index is 13.8. The first-order chi connectivity index (χ1) is 11.0. The molecular weight excluding hydrogens is 299 g/mol. The van der Waals surface area contributed by atoms with Gasteiger partial charge >= 0.3 is 5.97 Å². The summed E-state index contributed by atoms with van der Waals surface area (Å²) in [6.07, 6.45) is 0. The van der Waals surface area contributed by atoms with Crippen molar-refractivity contribution >= 4 is 5.97 Å². The van der Waals surface area contributed by atoms with Gasteiger partial charge in [0, 0.05) is 5.56 Å². The van der Waals surface area contributed by atoms with Crippen molar-refractivity contribution < 1.29 is 18.8 Å². The number of hydrogen-bond donors (Lipinski definition) is 1. The number of aryl methyl sites for hydroxylation is 2. The first kappa shape index (κ1) is 14.9. The highest BCUT2D eigenvalue weighted by atomic mass is 19.1. The molecule has 0 radical (unpaired) electrons. The van der Waals surface area contributed by atoms with Crippen molar-refractivity contribution in [2.45, 2.75) is 13.8 Å². The van der Waals surface area contributed by atoms with E-state index in [0.29, 0.717) is 11.1 Å². The van der Waals surface area contributed by atoms with Crippen molar-refractivity contribution in [1.29, 1.82) is 0 Å². The lowest BCUT2D eigenvalue weighted by atomic mass is 9.99. The van der Waals surface area contributed by atoms with Gasteiger partial charge in [0.1, 0.15) is 5.82 Å². The third-order valence-corrected chi connectivity index (χ3v) is 3.57. The predicted octanol–water partition coefficient (Wildman–Crippen LogP) is 3.86. The van der Waals surface area contributed by atoms with E-state index < -0.39 is 11.8 Å². The number of aromatic carboxylic acids is 1. The van der Waals surface area contributed by atoms with Crippen LogP contribution in [0.2, 0.25) is 0 Å². The summed E-state index contributed by atoms with van der Waals surface area (Å²) >= 11 is 0. The molecule has 6 heteroatoms. The lowest BCUT2D eigenvalue weighted by molar-refractivity contribution is 0.0696. The van der Waals surface area contributed by atoms with Crippen LogP contribution in [0.1, 0.15) is 21.5 Å². The van der Waals surface area contributed by atoms with Crippen molar-refractivity contribution in [1.82, 2.24) is 10.1 Å². The zero-order chi connectivity index (χ0) is 16.6. The van der Waals surface area contributed by atoms with Gasteiger partial charge in [-0.1, -0.05) is 23.4 Å². The monoisotopic (exact) mass is 312 g/mol. The van der Waals surface area contributed by atoms with Crippen LogP contribution in [0.15, 0.2) is 40.9 Å². The SMILES string of the molecule is Cc1cc(C)c(-c2noc(-c3ccccc3F)n2)cc1C(=O)O. The molecule has 0 spiro atoms. The molecule has 0 unspecified atom stereocenters. The van der Waals surface area contributed by atoms with Crippen LogP contribution in [0.25, 0.3) is 22.8 Å². The Morgan fingerprint density at radius 1 is 1.13 bits per heavy atom. The van der Waals surface area contributed by atoms with E-state index in [9.17, 15) is 14.3 Å². The minimum absolute atomic E-state index is 0.0509. The Hall–Kier alpha value is -3.02. The molecule has 0 aliphatic rings. The smallest absolute Gasteiger partial charge is 0.335 e. The maximum atomic E-state index is 13.8. The number of benzene rings is 2. The summed E-state index contributed by atoms with van der Waals surface area (Å²) in [6.45, 7) is 3.55. The summed E-state index contributed by atoms with van der Waals surface area (Å²) in [5, 5.41) is 13.1. The lowest BCUT2D eigenvalue weighted by Gasteiger charge is -2.06. The third-order valence-electron chi connectivity index (χ3n) is 3.57. The molecule has 5 nitrogen and oxygen atoms in total. The van der Waals surface area contributed by atoms with E-state index in [4.69, 9.17) is 4.52 Å². The summed E-state index contributed by atoms with van der Waals surface area (Å²) < 4.78 is 18.9. The van der Waals surface area contributed by atoms with E-state index >= 15 is 0 Å². The van der Waals surface area contributed by atoms with Crippen LogP contribution in [-0.4, -0.2) is 21.2 Å². The van der Waals surface area contributed by atoms with Gasteiger partial charge in [-0.25, -0.2) is 9.18 Å². The predicted molar refractivity (Wildman–Crippen MR) is 81.6 cm³/mol. The lowest BCUT2D eigenvalue weighted by Crippen LogP contribution is -2.01. The fourth-order valence-electron chi connectivity index (χ4n) is 2.40. The molecule has 1 aromatic heterocycles. The van der Waals surface area contributed by atoms with Crippen molar-refractivity contribution in [3.63, 3.8) is 0 Å². The Kier molecular flexibility index (Phi) is 3.65. The second-order valence-corrected chi connectivity index (χ2v) is 5.19. The van der Waals surface area contributed by atoms with Crippen molar-refractivity contribution in [3.8, 4) is 22.8 Å². The average molecular weight is 312 g/mol. The Bertz CT molecular complexity index is 903. The molecule has 0 atom stereocenters. The Morgan fingerprint density at radius 3 is 2.57 bits per heavy atom. The summed E-state index contributed by atoms with van der Waals surface area (Å²) in [4.78, 5) is 15.5. The maximum Gasteiger partial charge on any atom is 0.335 e.